The van der Waals surface area contributed by atoms with Crippen LogP contribution in [0.25, 0.3) is 0 Å². The van der Waals surface area contributed by atoms with Crippen molar-refractivity contribution < 1.29 is 9.63 Å². The normalized spacial score (nSPS) is 12.1. The van der Waals surface area contributed by atoms with Gasteiger partial charge in [0, 0.05) is 24.9 Å². The van der Waals surface area contributed by atoms with Crippen molar-refractivity contribution >= 4 is 5.91 Å². The summed E-state index contributed by atoms with van der Waals surface area (Å²) in [4.78, 5) is 20.9. The van der Waals surface area contributed by atoms with Crippen molar-refractivity contribution in [3.05, 3.63) is 30.1 Å². The predicted octanol–water partition coefficient (Wildman–Crippen LogP) is 1.06. The van der Waals surface area contributed by atoms with E-state index in [1.165, 1.54) is 7.11 Å². The van der Waals surface area contributed by atoms with Gasteiger partial charge in [-0.15, -0.1) is 0 Å². The molecule has 0 bridgehead atoms. The van der Waals surface area contributed by atoms with Crippen LogP contribution in [0.15, 0.2) is 24.4 Å². The van der Waals surface area contributed by atoms with Gasteiger partial charge in [-0.1, -0.05) is 19.4 Å². The maximum absolute atomic E-state index is 11.8. The number of aromatic nitrogens is 1. The number of nitrogens with one attached hydrogen (secondary N) is 2. The third kappa shape index (κ3) is 5.25. The average molecular weight is 251 g/mol. The summed E-state index contributed by atoms with van der Waals surface area (Å²) >= 11 is 0. The smallest absolute Gasteiger partial charge is 0.239 e. The highest BCUT2D eigenvalue weighted by atomic mass is 16.6. The fourth-order valence-electron chi connectivity index (χ4n) is 1.66. The lowest BCUT2D eigenvalue weighted by atomic mass is 10.1. The van der Waals surface area contributed by atoms with Crippen LogP contribution in [0.3, 0.4) is 0 Å². The molecule has 1 aromatic rings. The van der Waals surface area contributed by atoms with Crippen LogP contribution in [0.1, 0.15) is 25.5 Å². The molecule has 0 saturated heterocycles. The lowest BCUT2D eigenvalue weighted by Gasteiger charge is -2.15. The van der Waals surface area contributed by atoms with Gasteiger partial charge in [-0.05, 0) is 18.6 Å². The highest BCUT2D eigenvalue weighted by Gasteiger charge is 2.16. The fraction of sp³-hybridized carbons (Fsp3) is 0.538. The highest BCUT2D eigenvalue weighted by molar-refractivity contribution is 5.81. The molecule has 5 heteroatoms. The lowest BCUT2D eigenvalue weighted by molar-refractivity contribution is -0.126. The summed E-state index contributed by atoms with van der Waals surface area (Å²) in [5, 5.41) is 2.88. The van der Waals surface area contributed by atoms with E-state index in [1.807, 2.05) is 25.1 Å². The Balaban J connectivity index is 2.30. The van der Waals surface area contributed by atoms with Crippen LogP contribution in [0.2, 0.25) is 0 Å². The van der Waals surface area contributed by atoms with E-state index in [0.29, 0.717) is 6.54 Å². The Bertz CT molecular complexity index is 337. The first-order valence-corrected chi connectivity index (χ1v) is 6.24. The molecule has 1 amide bonds. The quantitative estimate of drug-likeness (QED) is 0.678. The molecular weight excluding hydrogens is 230 g/mol. The van der Waals surface area contributed by atoms with Crippen molar-refractivity contribution in [1.82, 2.24) is 15.8 Å². The monoisotopic (exact) mass is 251 g/mol. The van der Waals surface area contributed by atoms with E-state index in [0.717, 1.165) is 25.0 Å². The minimum absolute atomic E-state index is 0.0327. The van der Waals surface area contributed by atoms with Crippen LogP contribution in [0.4, 0.5) is 0 Å². The molecule has 1 aromatic heterocycles. The van der Waals surface area contributed by atoms with Crippen LogP contribution in [0, 0.1) is 0 Å². The molecule has 1 atom stereocenters. The average Bonchev–Trinajstić information content (AvgIpc) is 2.39. The van der Waals surface area contributed by atoms with Crippen molar-refractivity contribution in [2.45, 2.75) is 32.2 Å². The van der Waals surface area contributed by atoms with Gasteiger partial charge in [0.25, 0.3) is 0 Å². The van der Waals surface area contributed by atoms with Gasteiger partial charge in [0.1, 0.15) is 6.04 Å². The number of hydrogen-bond donors (Lipinski definition) is 2. The Kier molecular flexibility index (Phi) is 6.98. The molecule has 1 rings (SSSR count). The zero-order valence-electron chi connectivity index (χ0n) is 11.0. The third-order valence-corrected chi connectivity index (χ3v) is 2.56. The summed E-state index contributed by atoms with van der Waals surface area (Å²) < 4.78 is 0. The number of carbonyl (C=O) groups is 1. The Hall–Kier alpha value is -1.46. The number of hydrogen-bond acceptors (Lipinski definition) is 4. The second-order valence-corrected chi connectivity index (χ2v) is 4.03. The molecule has 0 radical (unpaired) electrons. The van der Waals surface area contributed by atoms with E-state index in [4.69, 9.17) is 4.84 Å². The first kappa shape index (κ1) is 14.6. The van der Waals surface area contributed by atoms with Crippen LogP contribution < -0.4 is 10.8 Å². The van der Waals surface area contributed by atoms with Gasteiger partial charge in [0.2, 0.25) is 5.91 Å². The van der Waals surface area contributed by atoms with Gasteiger partial charge >= 0.3 is 0 Å². The van der Waals surface area contributed by atoms with Gasteiger partial charge in [-0.3, -0.25) is 9.78 Å². The second-order valence-electron chi connectivity index (χ2n) is 4.03. The maximum Gasteiger partial charge on any atom is 0.239 e. The second kappa shape index (κ2) is 8.60. The maximum atomic E-state index is 11.8. The number of nitrogens with zero attached hydrogens (tertiary/aromatic N) is 1. The van der Waals surface area contributed by atoms with Crippen molar-refractivity contribution in [3.63, 3.8) is 0 Å². The van der Waals surface area contributed by atoms with Crippen LogP contribution in [0.5, 0.6) is 0 Å². The number of hydroxylamine groups is 1. The topological polar surface area (TPSA) is 63.2 Å². The molecule has 0 aliphatic rings. The lowest BCUT2D eigenvalue weighted by Crippen LogP contribution is -2.44. The minimum atomic E-state index is -0.288. The summed E-state index contributed by atoms with van der Waals surface area (Å²) in [7, 11) is 1.52. The number of carbonyl (C=O) groups excluding carboxylic acids is 1. The summed E-state index contributed by atoms with van der Waals surface area (Å²) in [6, 6.07) is 5.48. The molecule has 2 N–H and O–H groups in total. The molecule has 18 heavy (non-hydrogen) atoms. The molecule has 100 valence electrons. The molecule has 0 unspecified atom stereocenters. The van der Waals surface area contributed by atoms with Crippen LogP contribution in [-0.2, 0) is 16.1 Å². The molecular formula is C13H21N3O2. The van der Waals surface area contributed by atoms with Gasteiger partial charge in [-0.2, -0.15) is 5.48 Å². The van der Waals surface area contributed by atoms with Crippen molar-refractivity contribution in [2.24, 2.45) is 0 Å². The zero-order valence-corrected chi connectivity index (χ0v) is 11.0. The van der Waals surface area contributed by atoms with Gasteiger partial charge in [0.15, 0.2) is 0 Å². The highest BCUT2D eigenvalue weighted by Crippen LogP contribution is 1.97. The van der Waals surface area contributed by atoms with Crippen LogP contribution in [-0.4, -0.2) is 30.6 Å². The fourth-order valence-corrected chi connectivity index (χ4v) is 1.66. The molecule has 0 fully saturated rings. The molecule has 0 aromatic carbocycles. The molecule has 0 aliphatic heterocycles. The largest absolute Gasteiger partial charge is 0.354 e. The van der Waals surface area contributed by atoms with Crippen molar-refractivity contribution in [2.75, 3.05) is 13.7 Å². The number of rotatable bonds is 8. The molecule has 5 nitrogen and oxygen atoms in total. The number of pyridine rings is 1. The van der Waals surface area contributed by atoms with Gasteiger partial charge in [-0.25, -0.2) is 0 Å². The van der Waals surface area contributed by atoms with Gasteiger partial charge < -0.3 is 10.2 Å². The van der Waals surface area contributed by atoms with Crippen molar-refractivity contribution in [1.29, 1.82) is 0 Å². The molecule has 0 aliphatic carbocycles. The SMILES string of the molecule is CCC[C@H](NOC)C(=O)NCCc1ccccn1. The van der Waals surface area contributed by atoms with Gasteiger partial charge in [0.05, 0.1) is 7.11 Å². The van der Waals surface area contributed by atoms with Crippen LogP contribution >= 0.6 is 0 Å². The van der Waals surface area contributed by atoms with E-state index >= 15 is 0 Å². The van der Waals surface area contributed by atoms with E-state index in [2.05, 4.69) is 15.8 Å². The summed E-state index contributed by atoms with van der Waals surface area (Å²) in [5.74, 6) is -0.0327. The van der Waals surface area contributed by atoms with E-state index in [9.17, 15) is 4.79 Å². The third-order valence-electron chi connectivity index (χ3n) is 2.56. The Morgan fingerprint density at radius 2 is 2.33 bits per heavy atom. The van der Waals surface area contributed by atoms with E-state index in [-0.39, 0.29) is 11.9 Å². The summed E-state index contributed by atoms with van der Waals surface area (Å²) in [6.07, 6.45) is 4.17. The predicted molar refractivity (Wildman–Crippen MR) is 69.8 cm³/mol. The molecule has 0 spiro atoms. The summed E-state index contributed by atoms with van der Waals surface area (Å²) in [6.45, 7) is 2.62. The Morgan fingerprint density at radius 1 is 1.50 bits per heavy atom. The first-order valence-electron chi connectivity index (χ1n) is 6.24. The molecule has 0 saturated carbocycles. The number of amides is 1. The molecule has 1 heterocycles. The Morgan fingerprint density at radius 3 is 2.94 bits per heavy atom. The zero-order chi connectivity index (χ0) is 13.2. The standard InChI is InChI=1S/C13H21N3O2/c1-3-6-12(16-18-2)13(17)15-10-8-11-7-4-5-9-14-11/h4-5,7,9,12,16H,3,6,8,10H2,1-2H3,(H,15,17)/t12-/m0/s1. The van der Waals surface area contributed by atoms with Crippen molar-refractivity contribution in [3.8, 4) is 0 Å². The Labute approximate surface area is 108 Å². The minimum Gasteiger partial charge on any atom is -0.354 e. The van der Waals surface area contributed by atoms with E-state index in [1.54, 1.807) is 6.20 Å². The summed E-state index contributed by atoms with van der Waals surface area (Å²) in [5.41, 5.74) is 3.68. The first-order chi connectivity index (χ1) is 8.77. The van der Waals surface area contributed by atoms with E-state index < -0.39 is 0 Å².